The fraction of sp³-hybridized carbons (Fsp3) is 0.545. The van der Waals surface area contributed by atoms with E-state index >= 15 is 0 Å². The third kappa shape index (κ3) is 3.11. The van der Waals surface area contributed by atoms with Crippen molar-refractivity contribution in [2.24, 2.45) is 0 Å². The van der Waals surface area contributed by atoms with Crippen molar-refractivity contribution in [3.8, 4) is 0 Å². The SMILES string of the molecule is CCCC(C)c1ncc(C(F)(F)F)cc1Cl. The minimum atomic E-state index is -4.39. The van der Waals surface area contributed by atoms with Crippen LogP contribution in [0, 0.1) is 0 Å². The summed E-state index contributed by atoms with van der Waals surface area (Å²) in [5.74, 6) is 0.0831. The molecule has 0 fully saturated rings. The highest BCUT2D eigenvalue weighted by Crippen LogP contribution is 2.33. The Balaban J connectivity index is 3.00. The van der Waals surface area contributed by atoms with E-state index in [1.54, 1.807) is 0 Å². The molecule has 16 heavy (non-hydrogen) atoms. The van der Waals surface area contributed by atoms with Gasteiger partial charge in [-0.15, -0.1) is 0 Å². The molecule has 0 radical (unpaired) electrons. The number of rotatable bonds is 3. The fourth-order valence-electron chi connectivity index (χ4n) is 1.54. The van der Waals surface area contributed by atoms with Crippen molar-refractivity contribution in [1.82, 2.24) is 4.98 Å². The summed E-state index contributed by atoms with van der Waals surface area (Å²) in [7, 11) is 0. The molecule has 0 bridgehead atoms. The molecule has 0 spiro atoms. The second-order valence-corrected chi connectivity index (χ2v) is 4.19. The molecule has 1 rings (SSSR count). The smallest absolute Gasteiger partial charge is 0.259 e. The lowest BCUT2D eigenvalue weighted by atomic mass is 10.0. The highest BCUT2D eigenvalue weighted by atomic mass is 35.5. The van der Waals surface area contributed by atoms with Crippen LogP contribution >= 0.6 is 11.6 Å². The third-order valence-corrected chi connectivity index (χ3v) is 2.69. The molecule has 0 aliphatic rings. The molecule has 5 heteroatoms. The van der Waals surface area contributed by atoms with Gasteiger partial charge in [-0.2, -0.15) is 13.2 Å². The monoisotopic (exact) mass is 251 g/mol. The predicted octanol–water partition coefficient (Wildman–Crippen LogP) is 4.66. The molecule has 0 aromatic carbocycles. The number of halogens is 4. The molecule has 1 aromatic rings. The Hall–Kier alpha value is -0.770. The average molecular weight is 252 g/mol. The summed E-state index contributed by atoms with van der Waals surface area (Å²) in [5, 5.41) is 0.0933. The molecular weight excluding hydrogens is 239 g/mol. The van der Waals surface area contributed by atoms with Gasteiger partial charge in [-0.1, -0.05) is 31.9 Å². The largest absolute Gasteiger partial charge is 0.417 e. The molecule has 1 heterocycles. The van der Waals surface area contributed by atoms with E-state index in [4.69, 9.17) is 11.6 Å². The second kappa shape index (κ2) is 5.04. The maximum absolute atomic E-state index is 12.4. The summed E-state index contributed by atoms with van der Waals surface area (Å²) in [4.78, 5) is 3.81. The highest BCUT2D eigenvalue weighted by molar-refractivity contribution is 6.31. The summed E-state index contributed by atoms with van der Waals surface area (Å²) in [6.45, 7) is 3.92. The quantitative estimate of drug-likeness (QED) is 0.762. The highest BCUT2D eigenvalue weighted by Gasteiger charge is 2.31. The summed E-state index contributed by atoms with van der Waals surface area (Å²) in [6.07, 6.45) is -1.74. The van der Waals surface area contributed by atoms with Gasteiger partial charge in [-0.05, 0) is 18.4 Å². The van der Waals surface area contributed by atoms with Gasteiger partial charge >= 0.3 is 6.18 Å². The van der Waals surface area contributed by atoms with Gasteiger partial charge < -0.3 is 0 Å². The van der Waals surface area contributed by atoms with E-state index in [1.807, 2.05) is 13.8 Å². The first kappa shape index (κ1) is 13.3. The van der Waals surface area contributed by atoms with Crippen molar-refractivity contribution in [3.63, 3.8) is 0 Å². The molecule has 0 amide bonds. The maximum Gasteiger partial charge on any atom is 0.417 e. The number of alkyl halides is 3. The van der Waals surface area contributed by atoms with Crippen molar-refractivity contribution >= 4 is 11.6 Å². The second-order valence-electron chi connectivity index (χ2n) is 3.78. The van der Waals surface area contributed by atoms with Crippen LogP contribution in [0.5, 0.6) is 0 Å². The van der Waals surface area contributed by atoms with E-state index in [0.29, 0.717) is 5.69 Å². The first-order chi connectivity index (χ1) is 7.36. The number of hydrogen-bond acceptors (Lipinski definition) is 1. The molecule has 0 aliphatic carbocycles. The van der Waals surface area contributed by atoms with Crippen LogP contribution < -0.4 is 0 Å². The number of nitrogens with zero attached hydrogens (tertiary/aromatic N) is 1. The van der Waals surface area contributed by atoms with Crippen molar-refractivity contribution < 1.29 is 13.2 Å². The molecule has 1 atom stereocenters. The van der Waals surface area contributed by atoms with Crippen LogP contribution in [0.25, 0.3) is 0 Å². The maximum atomic E-state index is 12.4. The number of aromatic nitrogens is 1. The Morgan fingerprint density at radius 3 is 2.50 bits per heavy atom. The molecular formula is C11H13ClF3N. The van der Waals surface area contributed by atoms with Crippen molar-refractivity contribution in [3.05, 3.63) is 28.5 Å². The van der Waals surface area contributed by atoms with Crippen LogP contribution in [0.1, 0.15) is 43.9 Å². The van der Waals surface area contributed by atoms with Gasteiger partial charge in [0.15, 0.2) is 0 Å². The molecule has 1 aromatic heterocycles. The zero-order chi connectivity index (χ0) is 12.3. The standard InChI is InChI=1S/C11H13ClF3N/c1-3-4-7(2)10-9(12)5-8(6-16-10)11(13,14)15/h5-7H,3-4H2,1-2H3. The van der Waals surface area contributed by atoms with Gasteiger partial charge in [0.2, 0.25) is 0 Å². The van der Waals surface area contributed by atoms with Crippen LogP contribution in [0.3, 0.4) is 0 Å². The number of pyridine rings is 1. The molecule has 0 N–H and O–H groups in total. The lowest BCUT2D eigenvalue weighted by molar-refractivity contribution is -0.137. The molecule has 0 saturated carbocycles. The van der Waals surface area contributed by atoms with Crippen LogP contribution in [-0.2, 0) is 6.18 Å². The van der Waals surface area contributed by atoms with Crippen LogP contribution in [-0.4, -0.2) is 4.98 Å². The van der Waals surface area contributed by atoms with Crippen LogP contribution in [0.4, 0.5) is 13.2 Å². The Kier molecular flexibility index (Phi) is 4.19. The Morgan fingerprint density at radius 2 is 2.06 bits per heavy atom. The van der Waals surface area contributed by atoms with E-state index < -0.39 is 11.7 Å². The lowest BCUT2D eigenvalue weighted by Crippen LogP contribution is -2.07. The predicted molar refractivity (Wildman–Crippen MR) is 57.6 cm³/mol. The topological polar surface area (TPSA) is 12.9 Å². The molecule has 1 unspecified atom stereocenters. The summed E-state index contributed by atoms with van der Waals surface area (Å²) >= 11 is 5.80. The van der Waals surface area contributed by atoms with Crippen LogP contribution in [0.2, 0.25) is 5.02 Å². The third-order valence-electron chi connectivity index (χ3n) is 2.39. The average Bonchev–Trinajstić information content (AvgIpc) is 2.16. The van der Waals surface area contributed by atoms with Crippen molar-refractivity contribution in [2.45, 2.75) is 38.8 Å². The first-order valence-corrected chi connectivity index (χ1v) is 5.46. The van der Waals surface area contributed by atoms with Crippen molar-refractivity contribution in [2.75, 3.05) is 0 Å². The van der Waals surface area contributed by atoms with Gasteiger partial charge in [-0.3, -0.25) is 4.98 Å². The van der Waals surface area contributed by atoms with E-state index in [2.05, 4.69) is 4.98 Å². The minimum absolute atomic E-state index is 0.0831. The number of hydrogen-bond donors (Lipinski definition) is 0. The summed E-state index contributed by atoms with van der Waals surface area (Å²) < 4.78 is 37.1. The fourth-order valence-corrected chi connectivity index (χ4v) is 1.89. The Labute approximate surface area is 97.6 Å². The van der Waals surface area contributed by atoms with Gasteiger partial charge in [0.25, 0.3) is 0 Å². The van der Waals surface area contributed by atoms with Gasteiger partial charge in [0.1, 0.15) is 0 Å². The molecule has 0 aliphatic heterocycles. The summed E-state index contributed by atoms with van der Waals surface area (Å²) in [5.41, 5.74) is -0.263. The lowest BCUT2D eigenvalue weighted by Gasteiger charge is -2.13. The van der Waals surface area contributed by atoms with Gasteiger partial charge in [-0.25, -0.2) is 0 Å². The first-order valence-electron chi connectivity index (χ1n) is 5.09. The van der Waals surface area contributed by atoms with Gasteiger partial charge in [0.05, 0.1) is 16.3 Å². The zero-order valence-electron chi connectivity index (χ0n) is 9.11. The van der Waals surface area contributed by atoms with E-state index in [9.17, 15) is 13.2 Å². The minimum Gasteiger partial charge on any atom is -0.259 e. The molecule has 0 saturated heterocycles. The van der Waals surface area contributed by atoms with Crippen LogP contribution in [0.15, 0.2) is 12.3 Å². The van der Waals surface area contributed by atoms with E-state index in [0.717, 1.165) is 25.1 Å². The van der Waals surface area contributed by atoms with E-state index in [-0.39, 0.29) is 10.9 Å². The van der Waals surface area contributed by atoms with Crippen molar-refractivity contribution in [1.29, 1.82) is 0 Å². The van der Waals surface area contributed by atoms with Gasteiger partial charge in [0, 0.05) is 6.20 Å². The molecule has 1 nitrogen and oxygen atoms in total. The van der Waals surface area contributed by atoms with E-state index in [1.165, 1.54) is 0 Å². The zero-order valence-corrected chi connectivity index (χ0v) is 9.86. The normalized spacial score (nSPS) is 13.9. The molecule has 90 valence electrons. The summed E-state index contributed by atoms with van der Waals surface area (Å²) in [6, 6.07) is 0.941. The Morgan fingerprint density at radius 1 is 1.44 bits per heavy atom. The Bertz CT molecular complexity index is 363.